The topological polar surface area (TPSA) is 40.8 Å². The summed E-state index contributed by atoms with van der Waals surface area (Å²) >= 11 is 0. The van der Waals surface area contributed by atoms with Crippen molar-refractivity contribution in [1.29, 1.82) is 0 Å². The van der Waals surface area contributed by atoms with Crippen LogP contribution in [0.2, 0.25) is 0 Å². The van der Waals surface area contributed by atoms with E-state index < -0.39 is 0 Å². The summed E-state index contributed by atoms with van der Waals surface area (Å²) < 4.78 is 16.2. The van der Waals surface area contributed by atoms with Crippen molar-refractivity contribution in [2.75, 3.05) is 0 Å². The number of fused-ring (bicyclic) bond motifs is 13. The minimum Gasteiger partial charge on any atom is -0.510 e. The molecule has 15 rings (SSSR count). The molecule has 4 aromatic heterocycles. The van der Waals surface area contributed by atoms with E-state index in [2.05, 4.69) is 314 Å². The molecule has 0 radical (unpaired) electrons. The van der Waals surface area contributed by atoms with Gasteiger partial charge in [0.05, 0.1) is 27.8 Å². The Morgan fingerprint density at radius 2 is 0.899 bits per heavy atom. The molecule has 7 heteroatoms. The van der Waals surface area contributed by atoms with Gasteiger partial charge in [0.15, 0.2) is 0 Å². The van der Waals surface area contributed by atoms with Gasteiger partial charge in [-0.1, -0.05) is 222 Å². The second kappa shape index (κ2) is 21.0. The van der Waals surface area contributed by atoms with Crippen LogP contribution in [0.1, 0.15) is 105 Å². The van der Waals surface area contributed by atoms with Crippen LogP contribution < -0.4 is 9.30 Å². The SMILES string of the molecule is CC(C)(C)c1cc(-c2cc(C(C)(C)C)cc3c2-[n+]2[c-]n(-c4[c-]c(Oc5[c-]c6c(cc5)c5ccccc5n6-c5cc(C(C)(C)C)ccn5)ccc4)c4cc(-n5c6ccccc6c6ccccc65)cc(c42)-c2ccccc2-c2ccccc2-3)cc(C(C)(C)C)c1.[Pt]. The molecule has 0 aliphatic carbocycles. The predicted molar refractivity (Wildman–Crippen MR) is 364 cm³/mol. The molecule has 0 saturated carbocycles. The Labute approximate surface area is 537 Å². The average molecular weight is 1340 g/mol. The first-order valence-electron chi connectivity index (χ1n) is 30.9. The minimum absolute atomic E-state index is 0. The zero-order chi connectivity index (χ0) is 60.8. The van der Waals surface area contributed by atoms with Crippen LogP contribution in [0.5, 0.6) is 11.5 Å². The number of benzene rings is 10. The van der Waals surface area contributed by atoms with Gasteiger partial charge in [0.1, 0.15) is 5.82 Å². The van der Waals surface area contributed by atoms with E-state index in [0.717, 1.165) is 100 Å². The molecule has 0 saturated heterocycles. The molecule has 0 bridgehead atoms. The maximum absolute atomic E-state index is 6.99. The van der Waals surface area contributed by atoms with Crippen molar-refractivity contribution < 1.29 is 30.4 Å². The van der Waals surface area contributed by atoms with E-state index in [1.54, 1.807) is 0 Å². The number of pyridine rings is 1. The first-order valence-corrected chi connectivity index (χ1v) is 30.9. The summed E-state index contributed by atoms with van der Waals surface area (Å²) in [6, 6.07) is 83.4. The molecule has 0 fully saturated rings. The summed E-state index contributed by atoms with van der Waals surface area (Å²) in [5.74, 6) is 1.96. The van der Waals surface area contributed by atoms with E-state index in [0.29, 0.717) is 11.5 Å². The number of hydrogen-bond acceptors (Lipinski definition) is 2. The molecular formula is C82H71N5OPt-2. The van der Waals surface area contributed by atoms with Gasteiger partial charge in [-0.15, -0.1) is 29.7 Å². The van der Waals surface area contributed by atoms with Crippen LogP contribution in [0.15, 0.2) is 212 Å². The zero-order valence-electron chi connectivity index (χ0n) is 52.7. The Kier molecular flexibility index (Phi) is 13.6. The molecule has 1 aliphatic heterocycles. The standard InChI is InChI=1S/C82H71N5O.Pt/c1-79(2,3)52-38-39-83-76(45-52)87-73-35-22-19-32-66(73)67-37-36-59(49-74(67)87)88-58-25-23-24-56(46-58)84-50-85-77-68(51-40-53(80(4,5)6)42-54(41-51)81(7,8)9)43-55(82(10,11)12)44-69(77)62-28-15-13-26-60(62)61-27-14-16-29-63(61)70-47-57(48-75(84)78(70)85)86-71-33-20-17-30-64(71)65-31-18-21-34-72(65)86;/h13-45,47-48H,1-12H3;/q-2;. The van der Waals surface area contributed by atoms with Gasteiger partial charge in [-0.2, -0.15) is 18.2 Å². The Morgan fingerprint density at radius 3 is 1.49 bits per heavy atom. The fourth-order valence-corrected chi connectivity index (χ4v) is 13.3. The van der Waals surface area contributed by atoms with Gasteiger partial charge in [0.25, 0.3) is 6.33 Å². The van der Waals surface area contributed by atoms with Gasteiger partial charge in [-0.05, 0) is 142 Å². The van der Waals surface area contributed by atoms with Crippen LogP contribution in [-0.2, 0) is 42.7 Å². The summed E-state index contributed by atoms with van der Waals surface area (Å²) in [4.78, 5) is 4.96. The van der Waals surface area contributed by atoms with E-state index in [4.69, 9.17) is 9.72 Å². The van der Waals surface area contributed by atoms with Gasteiger partial charge < -0.3 is 18.4 Å². The second-order valence-electron chi connectivity index (χ2n) is 28.2. The monoisotopic (exact) mass is 1340 g/mol. The van der Waals surface area contributed by atoms with Crippen LogP contribution in [0.25, 0.3) is 122 Å². The van der Waals surface area contributed by atoms with E-state index >= 15 is 0 Å². The zero-order valence-corrected chi connectivity index (χ0v) is 54.9. The smallest absolute Gasteiger partial charge is 0.268 e. The van der Waals surface area contributed by atoms with E-state index in [9.17, 15) is 0 Å². The maximum atomic E-state index is 6.99. The first-order chi connectivity index (χ1) is 42.2. The van der Waals surface area contributed by atoms with Gasteiger partial charge in [0.2, 0.25) is 0 Å². The summed E-state index contributed by atoms with van der Waals surface area (Å²) in [6.45, 7) is 27.7. The maximum Gasteiger partial charge on any atom is 0.268 e. The van der Waals surface area contributed by atoms with Crippen LogP contribution in [-0.4, -0.2) is 18.7 Å². The predicted octanol–water partition coefficient (Wildman–Crippen LogP) is 20.9. The van der Waals surface area contributed by atoms with Gasteiger partial charge >= 0.3 is 0 Å². The van der Waals surface area contributed by atoms with Crippen molar-refractivity contribution in [2.24, 2.45) is 0 Å². The molecule has 0 spiro atoms. The first kappa shape index (κ1) is 57.6. The van der Waals surface area contributed by atoms with E-state index in [-0.39, 0.29) is 42.7 Å². The molecule has 14 aromatic rings. The quantitative estimate of drug-likeness (QED) is 0.123. The van der Waals surface area contributed by atoms with Crippen molar-refractivity contribution in [3.63, 3.8) is 0 Å². The van der Waals surface area contributed by atoms with Crippen molar-refractivity contribution in [3.05, 3.63) is 253 Å². The number of nitrogens with zero attached hydrogens (tertiary/aromatic N) is 5. The fraction of sp³-hybridized carbons (Fsp3) is 0.195. The molecule has 10 aromatic carbocycles. The molecule has 442 valence electrons. The third-order valence-electron chi connectivity index (χ3n) is 18.1. The molecule has 0 atom stereocenters. The van der Waals surface area contributed by atoms with E-state index in [1.807, 2.05) is 18.3 Å². The third-order valence-corrected chi connectivity index (χ3v) is 18.1. The Balaban J connectivity index is 0.00000694. The Bertz CT molecular complexity index is 5090. The minimum atomic E-state index is -0.198. The van der Waals surface area contributed by atoms with E-state index in [1.165, 1.54) is 44.2 Å². The average Bonchev–Trinajstić information content (AvgIpc) is 1.65. The van der Waals surface area contributed by atoms with Gasteiger partial charge in [-0.3, -0.25) is 4.57 Å². The molecule has 89 heavy (non-hydrogen) atoms. The van der Waals surface area contributed by atoms with Crippen molar-refractivity contribution in [2.45, 2.75) is 105 Å². The summed E-state index contributed by atoms with van der Waals surface area (Å²) in [6.07, 6.45) is 6.07. The van der Waals surface area contributed by atoms with Crippen molar-refractivity contribution in [1.82, 2.24) is 18.7 Å². The van der Waals surface area contributed by atoms with Gasteiger partial charge in [0, 0.05) is 60.7 Å². The van der Waals surface area contributed by atoms with Crippen molar-refractivity contribution >= 4 is 54.6 Å². The van der Waals surface area contributed by atoms with Crippen LogP contribution in [0, 0.1) is 18.5 Å². The summed E-state index contributed by atoms with van der Waals surface area (Å²) in [7, 11) is 0. The summed E-state index contributed by atoms with van der Waals surface area (Å²) in [5.41, 5.74) is 22.8. The van der Waals surface area contributed by atoms with Crippen LogP contribution in [0.4, 0.5) is 0 Å². The molecule has 0 amide bonds. The van der Waals surface area contributed by atoms with Crippen LogP contribution in [0.3, 0.4) is 0 Å². The molecule has 5 heterocycles. The number of ether oxygens (including phenoxy) is 1. The Hall–Kier alpha value is -9.09. The number of para-hydroxylation sites is 3. The van der Waals surface area contributed by atoms with Crippen molar-refractivity contribution in [3.8, 4) is 78.9 Å². The normalized spacial score (nSPS) is 12.6. The molecular weight excluding hydrogens is 1270 g/mol. The molecule has 6 nitrogen and oxygen atoms in total. The molecule has 1 aliphatic rings. The number of hydrogen-bond donors (Lipinski definition) is 0. The van der Waals surface area contributed by atoms with Crippen LogP contribution >= 0.6 is 0 Å². The fourth-order valence-electron chi connectivity index (χ4n) is 13.3. The Morgan fingerprint density at radius 1 is 0.393 bits per heavy atom. The number of rotatable bonds is 6. The van der Waals surface area contributed by atoms with Gasteiger partial charge in [-0.25, -0.2) is 4.98 Å². The molecule has 0 N–H and O–H groups in total. The number of imidazole rings is 1. The third kappa shape index (κ3) is 9.74. The number of aromatic nitrogens is 5. The largest absolute Gasteiger partial charge is 0.510 e. The second-order valence-corrected chi connectivity index (χ2v) is 28.2. The summed E-state index contributed by atoms with van der Waals surface area (Å²) in [5, 5.41) is 4.60. The molecule has 0 unspecified atom stereocenters.